The normalized spacial score (nSPS) is 11.3. The van der Waals surface area contributed by atoms with Crippen LogP contribution < -0.4 is 5.32 Å². The molecule has 2 rings (SSSR count). The number of aromatic nitrogens is 2. The summed E-state index contributed by atoms with van der Waals surface area (Å²) in [6, 6.07) is 0. The van der Waals surface area contributed by atoms with Gasteiger partial charge >= 0.3 is 0 Å². The van der Waals surface area contributed by atoms with Gasteiger partial charge in [0.2, 0.25) is 5.91 Å². The van der Waals surface area contributed by atoms with Crippen molar-refractivity contribution >= 4 is 39.2 Å². The van der Waals surface area contributed by atoms with Gasteiger partial charge in [-0.3, -0.25) is 4.79 Å². The fourth-order valence-electron chi connectivity index (χ4n) is 2.09. The van der Waals surface area contributed by atoms with Crippen LogP contribution in [0.2, 0.25) is 0 Å². The van der Waals surface area contributed by atoms with Crippen LogP contribution in [-0.2, 0) is 4.79 Å². The number of aryl methyl sites for hydroxylation is 2. The molecule has 0 saturated heterocycles. The number of hydrogen-bond donors (Lipinski definition) is 1. The van der Waals surface area contributed by atoms with Gasteiger partial charge in [0.25, 0.3) is 0 Å². The quantitative estimate of drug-likeness (QED) is 0.614. The highest BCUT2D eigenvalue weighted by Crippen LogP contribution is 2.34. The molecule has 1 N–H and O–H groups in total. The maximum Gasteiger partial charge on any atom is 0.220 e. The van der Waals surface area contributed by atoms with Gasteiger partial charge in [0.1, 0.15) is 16.2 Å². The minimum absolute atomic E-state index is 0.122. The first-order valence-electron chi connectivity index (χ1n) is 7.59. The predicted octanol–water partition coefficient (Wildman–Crippen LogP) is 3.95. The van der Waals surface area contributed by atoms with Gasteiger partial charge in [-0.1, -0.05) is 13.8 Å². The number of carbonyl (C=O) groups excluding carboxylic acids is 1. The summed E-state index contributed by atoms with van der Waals surface area (Å²) in [6.07, 6.45) is 3.16. The highest BCUT2D eigenvalue weighted by Gasteiger charge is 2.12. The van der Waals surface area contributed by atoms with E-state index >= 15 is 0 Å². The summed E-state index contributed by atoms with van der Waals surface area (Å²) in [5, 5.41) is 5.11. The molecule has 0 aliphatic heterocycles. The molecule has 4 nitrogen and oxygen atoms in total. The second kappa shape index (κ2) is 7.92. The van der Waals surface area contributed by atoms with E-state index in [4.69, 9.17) is 0 Å². The first-order valence-corrected chi connectivity index (χ1v) is 9.39. The van der Waals surface area contributed by atoms with Crippen molar-refractivity contribution in [1.82, 2.24) is 15.3 Å². The molecule has 0 radical (unpaired) electrons. The molecule has 2 aromatic rings. The lowest BCUT2D eigenvalue weighted by atomic mass is 10.1. The van der Waals surface area contributed by atoms with Crippen molar-refractivity contribution in [2.75, 3.05) is 12.3 Å². The molecule has 22 heavy (non-hydrogen) atoms. The lowest BCUT2D eigenvalue weighted by Gasteiger charge is -2.07. The highest BCUT2D eigenvalue weighted by atomic mass is 32.2. The molecule has 2 aromatic heterocycles. The molecule has 2 heterocycles. The third kappa shape index (κ3) is 4.43. The van der Waals surface area contributed by atoms with E-state index in [1.807, 2.05) is 0 Å². The number of fused-ring (bicyclic) bond motifs is 1. The Hall–Kier alpha value is -1.14. The topological polar surface area (TPSA) is 54.9 Å². The van der Waals surface area contributed by atoms with Gasteiger partial charge in [-0.15, -0.1) is 23.1 Å². The minimum Gasteiger partial charge on any atom is -0.356 e. The Morgan fingerprint density at radius 3 is 2.86 bits per heavy atom. The summed E-state index contributed by atoms with van der Waals surface area (Å²) in [5.74, 6) is 1.49. The Balaban J connectivity index is 1.88. The molecule has 6 heteroatoms. The second-order valence-electron chi connectivity index (χ2n) is 5.77. The van der Waals surface area contributed by atoms with Gasteiger partial charge in [0.15, 0.2) is 0 Å². The first-order chi connectivity index (χ1) is 10.5. The van der Waals surface area contributed by atoms with Gasteiger partial charge in [0.05, 0.1) is 0 Å². The summed E-state index contributed by atoms with van der Waals surface area (Å²) in [6.45, 7) is 9.31. The molecule has 0 saturated carbocycles. The lowest BCUT2D eigenvalue weighted by Crippen LogP contribution is -2.25. The first kappa shape index (κ1) is 17.2. The maximum absolute atomic E-state index is 11.8. The molecular formula is C16H23N3OS2. The zero-order chi connectivity index (χ0) is 16.1. The van der Waals surface area contributed by atoms with Crippen LogP contribution in [0.1, 0.15) is 37.1 Å². The second-order valence-corrected chi connectivity index (χ2v) is 8.06. The number of hydrogen-bond acceptors (Lipinski definition) is 5. The van der Waals surface area contributed by atoms with Crippen LogP contribution in [0.5, 0.6) is 0 Å². The van der Waals surface area contributed by atoms with E-state index in [9.17, 15) is 4.79 Å². The molecule has 0 aliphatic carbocycles. The van der Waals surface area contributed by atoms with E-state index in [0.717, 1.165) is 34.0 Å². The fourth-order valence-corrected chi connectivity index (χ4v) is 4.15. The molecule has 120 valence electrons. The van der Waals surface area contributed by atoms with Gasteiger partial charge in [0, 0.05) is 29.0 Å². The van der Waals surface area contributed by atoms with Gasteiger partial charge < -0.3 is 5.32 Å². The van der Waals surface area contributed by atoms with Crippen LogP contribution in [0.3, 0.4) is 0 Å². The summed E-state index contributed by atoms with van der Waals surface area (Å²) in [5.41, 5.74) is 1.25. The SMILES string of the molecule is Cc1sc2ncnc(SCCC(=O)NCCC(C)C)c2c1C. The summed E-state index contributed by atoms with van der Waals surface area (Å²) in [7, 11) is 0. The standard InChI is InChI=1S/C16H23N3OS2/c1-10(2)5-7-17-13(20)6-8-21-15-14-11(3)12(4)22-16(14)19-9-18-15/h9-10H,5-8H2,1-4H3,(H,17,20). The molecule has 0 spiro atoms. The van der Waals surface area contributed by atoms with Crippen molar-refractivity contribution < 1.29 is 4.79 Å². The zero-order valence-electron chi connectivity index (χ0n) is 13.6. The molecule has 0 bridgehead atoms. The van der Waals surface area contributed by atoms with Crippen molar-refractivity contribution in [1.29, 1.82) is 0 Å². The van der Waals surface area contributed by atoms with E-state index in [2.05, 4.69) is 43.0 Å². The van der Waals surface area contributed by atoms with E-state index in [1.54, 1.807) is 29.4 Å². The summed E-state index contributed by atoms with van der Waals surface area (Å²) >= 11 is 3.34. The number of thioether (sulfide) groups is 1. The Bertz CT molecular complexity index is 652. The van der Waals surface area contributed by atoms with Crippen molar-refractivity contribution in [3.05, 3.63) is 16.8 Å². The van der Waals surface area contributed by atoms with Gasteiger partial charge in [-0.25, -0.2) is 9.97 Å². The van der Waals surface area contributed by atoms with Crippen molar-refractivity contribution in [3.63, 3.8) is 0 Å². The van der Waals surface area contributed by atoms with Gasteiger partial charge in [-0.05, 0) is 31.7 Å². The highest BCUT2D eigenvalue weighted by molar-refractivity contribution is 7.99. The van der Waals surface area contributed by atoms with E-state index < -0.39 is 0 Å². The third-order valence-electron chi connectivity index (χ3n) is 3.54. The van der Waals surface area contributed by atoms with Crippen LogP contribution >= 0.6 is 23.1 Å². The zero-order valence-corrected chi connectivity index (χ0v) is 15.2. The van der Waals surface area contributed by atoms with E-state index in [1.165, 1.54) is 10.4 Å². The summed E-state index contributed by atoms with van der Waals surface area (Å²) in [4.78, 5) is 22.8. The van der Waals surface area contributed by atoms with E-state index in [0.29, 0.717) is 12.3 Å². The Morgan fingerprint density at radius 2 is 2.14 bits per heavy atom. The van der Waals surface area contributed by atoms with Gasteiger partial charge in [-0.2, -0.15) is 0 Å². The number of nitrogens with one attached hydrogen (secondary N) is 1. The number of amides is 1. The van der Waals surface area contributed by atoms with Crippen LogP contribution in [0.4, 0.5) is 0 Å². The monoisotopic (exact) mass is 337 g/mol. The van der Waals surface area contributed by atoms with Crippen LogP contribution in [0.15, 0.2) is 11.4 Å². The number of thiophene rings is 1. The number of carbonyl (C=O) groups is 1. The Kier molecular flexibility index (Phi) is 6.20. The van der Waals surface area contributed by atoms with Crippen LogP contribution in [0.25, 0.3) is 10.2 Å². The van der Waals surface area contributed by atoms with Crippen molar-refractivity contribution in [2.24, 2.45) is 5.92 Å². The maximum atomic E-state index is 11.8. The molecular weight excluding hydrogens is 314 g/mol. The fraction of sp³-hybridized carbons (Fsp3) is 0.562. The average molecular weight is 338 g/mol. The largest absolute Gasteiger partial charge is 0.356 e. The molecule has 0 aromatic carbocycles. The lowest BCUT2D eigenvalue weighted by molar-refractivity contribution is -0.120. The number of rotatable bonds is 7. The third-order valence-corrected chi connectivity index (χ3v) is 5.65. The molecule has 1 amide bonds. The molecule has 0 unspecified atom stereocenters. The van der Waals surface area contributed by atoms with E-state index in [-0.39, 0.29) is 5.91 Å². The Morgan fingerprint density at radius 1 is 1.36 bits per heavy atom. The van der Waals surface area contributed by atoms with Crippen LogP contribution in [-0.4, -0.2) is 28.2 Å². The minimum atomic E-state index is 0.122. The molecule has 0 aliphatic rings. The molecule has 0 fully saturated rings. The van der Waals surface area contributed by atoms with Crippen LogP contribution in [0, 0.1) is 19.8 Å². The predicted molar refractivity (Wildman–Crippen MR) is 94.7 cm³/mol. The summed E-state index contributed by atoms with van der Waals surface area (Å²) < 4.78 is 0. The van der Waals surface area contributed by atoms with Crippen molar-refractivity contribution in [2.45, 2.75) is 45.6 Å². The van der Waals surface area contributed by atoms with Crippen molar-refractivity contribution in [3.8, 4) is 0 Å². The smallest absolute Gasteiger partial charge is 0.220 e. The molecule has 0 atom stereocenters. The number of nitrogens with zero attached hydrogens (tertiary/aromatic N) is 2. The average Bonchev–Trinajstić information content (AvgIpc) is 2.74. The Labute approximate surface area is 140 Å².